The van der Waals surface area contributed by atoms with Gasteiger partial charge in [0.1, 0.15) is 0 Å². The van der Waals surface area contributed by atoms with Crippen LogP contribution in [0.4, 0.5) is 5.69 Å². The van der Waals surface area contributed by atoms with E-state index in [2.05, 4.69) is 11.8 Å². The molecule has 2 aliphatic heterocycles. The standard InChI is InChI=1S/C15H20N2O3/c1-10(11-3-2-4-14(7-11)17(19)20)16-12-5-6-13(16)9-15(18)8-12/h2-4,7,10,12-13,15,18H,5-6,8-9H2,1H3. The van der Waals surface area contributed by atoms with Crippen molar-refractivity contribution in [1.82, 2.24) is 4.90 Å². The fourth-order valence-corrected chi connectivity index (χ4v) is 3.89. The number of aliphatic hydroxyl groups excluding tert-OH is 1. The molecule has 0 radical (unpaired) electrons. The number of piperidine rings is 1. The van der Waals surface area contributed by atoms with E-state index in [1.165, 1.54) is 6.07 Å². The summed E-state index contributed by atoms with van der Waals surface area (Å²) in [6, 6.07) is 7.92. The lowest BCUT2D eigenvalue weighted by Gasteiger charge is -2.41. The van der Waals surface area contributed by atoms with Crippen LogP contribution < -0.4 is 0 Å². The molecular formula is C15H20N2O3. The minimum absolute atomic E-state index is 0.152. The van der Waals surface area contributed by atoms with Gasteiger partial charge in [-0.1, -0.05) is 12.1 Å². The highest BCUT2D eigenvalue weighted by Gasteiger charge is 2.42. The van der Waals surface area contributed by atoms with E-state index in [1.54, 1.807) is 12.1 Å². The van der Waals surface area contributed by atoms with Crippen molar-refractivity contribution < 1.29 is 10.0 Å². The lowest BCUT2D eigenvalue weighted by molar-refractivity contribution is -0.385. The average molecular weight is 276 g/mol. The van der Waals surface area contributed by atoms with E-state index in [9.17, 15) is 15.2 Å². The largest absolute Gasteiger partial charge is 0.393 e. The lowest BCUT2D eigenvalue weighted by atomic mass is 9.95. The van der Waals surface area contributed by atoms with Gasteiger partial charge in [0, 0.05) is 30.3 Å². The maximum Gasteiger partial charge on any atom is 0.269 e. The predicted octanol–water partition coefficient (Wildman–Crippen LogP) is 2.64. The Bertz CT molecular complexity index is 506. The quantitative estimate of drug-likeness (QED) is 0.680. The van der Waals surface area contributed by atoms with Gasteiger partial charge in [0.05, 0.1) is 11.0 Å². The average Bonchev–Trinajstić information content (AvgIpc) is 2.70. The molecular weight excluding hydrogens is 256 g/mol. The summed E-state index contributed by atoms with van der Waals surface area (Å²) >= 11 is 0. The van der Waals surface area contributed by atoms with Crippen LogP contribution in [0.15, 0.2) is 24.3 Å². The summed E-state index contributed by atoms with van der Waals surface area (Å²) in [4.78, 5) is 13.0. The highest BCUT2D eigenvalue weighted by molar-refractivity contribution is 5.36. The number of nitro benzene ring substituents is 1. The SMILES string of the molecule is CC(c1cccc([N+](=O)[O-])c1)N1C2CCC1CC(O)C2. The van der Waals surface area contributed by atoms with Gasteiger partial charge in [-0.2, -0.15) is 0 Å². The molecule has 1 N–H and O–H groups in total. The number of rotatable bonds is 3. The van der Waals surface area contributed by atoms with Gasteiger partial charge in [0.25, 0.3) is 5.69 Å². The Labute approximate surface area is 118 Å². The van der Waals surface area contributed by atoms with Crippen LogP contribution in [0.2, 0.25) is 0 Å². The molecule has 2 heterocycles. The van der Waals surface area contributed by atoms with Gasteiger partial charge in [-0.3, -0.25) is 15.0 Å². The third-order valence-electron chi connectivity index (χ3n) is 4.78. The molecule has 1 aromatic carbocycles. The Hall–Kier alpha value is -1.46. The Kier molecular flexibility index (Phi) is 3.48. The van der Waals surface area contributed by atoms with E-state index in [1.807, 2.05) is 6.07 Å². The molecule has 0 aromatic heterocycles. The monoisotopic (exact) mass is 276 g/mol. The summed E-state index contributed by atoms with van der Waals surface area (Å²) in [7, 11) is 0. The predicted molar refractivity (Wildman–Crippen MR) is 75.4 cm³/mol. The second-order valence-corrected chi connectivity index (χ2v) is 5.99. The van der Waals surface area contributed by atoms with Crippen LogP contribution in [0.1, 0.15) is 44.2 Å². The van der Waals surface area contributed by atoms with Crippen LogP contribution in [-0.4, -0.2) is 33.1 Å². The zero-order valence-corrected chi connectivity index (χ0v) is 11.6. The summed E-state index contributed by atoms with van der Waals surface area (Å²) in [5.41, 5.74) is 1.14. The van der Waals surface area contributed by atoms with Crippen molar-refractivity contribution in [2.75, 3.05) is 0 Å². The summed E-state index contributed by atoms with van der Waals surface area (Å²) in [6.45, 7) is 2.11. The van der Waals surface area contributed by atoms with Gasteiger partial charge in [0.15, 0.2) is 0 Å². The Morgan fingerprint density at radius 1 is 1.35 bits per heavy atom. The van der Waals surface area contributed by atoms with Crippen LogP contribution in [0.5, 0.6) is 0 Å². The lowest BCUT2D eigenvalue weighted by Crippen LogP contribution is -2.45. The molecule has 3 atom stereocenters. The van der Waals surface area contributed by atoms with Crippen molar-refractivity contribution in [3.05, 3.63) is 39.9 Å². The van der Waals surface area contributed by atoms with Gasteiger partial charge in [-0.25, -0.2) is 0 Å². The Morgan fingerprint density at radius 2 is 2.00 bits per heavy atom. The molecule has 2 aliphatic rings. The highest BCUT2D eigenvalue weighted by Crippen LogP contribution is 2.41. The molecule has 5 heteroatoms. The van der Waals surface area contributed by atoms with Crippen molar-refractivity contribution in [2.45, 2.75) is 56.8 Å². The minimum atomic E-state index is -0.342. The Morgan fingerprint density at radius 3 is 2.60 bits per heavy atom. The van der Waals surface area contributed by atoms with E-state index >= 15 is 0 Å². The summed E-state index contributed by atoms with van der Waals surface area (Å²) < 4.78 is 0. The zero-order valence-electron chi connectivity index (χ0n) is 11.6. The molecule has 1 aromatic rings. The van der Waals surface area contributed by atoms with Crippen LogP contribution in [0, 0.1) is 10.1 Å². The fraction of sp³-hybridized carbons (Fsp3) is 0.600. The number of fused-ring (bicyclic) bond motifs is 2. The van der Waals surface area contributed by atoms with Gasteiger partial charge in [-0.15, -0.1) is 0 Å². The first-order valence-corrected chi connectivity index (χ1v) is 7.26. The number of non-ortho nitro benzene ring substituents is 1. The first-order valence-electron chi connectivity index (χ1n) is 7.26. The summed E-state index contributed by atoms with van der Waals surface area (Å²) in [5.74, 6) is 0. The fourth-order valence-electron chi connectivity index (χ4n) is 3.89. The smallest absolute Gasteiger partial charge is 0.269 e. The highest BCUT2D eigenvalue weighted by atomic mass is 16.6. The van der Waals surface area contributed by atoms with E-state index in [-0.39, 0.29) is 22.8 Å². The molecule has 0 amide bonds. The molecule has 2 bridgehead atoms. The zero-order chi connectivity index (χ0) is 14.3. The molecule has 0 aliphatic carbocycles. The van der Waals surface area contributed by atoms with Crippen LogP contribution in [0.25, 0.3) is 0 Å². The second kappa shape index (κ2) is 5.14. The third kappa shape index (κ3) is 2.31. The van der Waals surface area contributed by atoms with E-state index < -0.39 is 0 Å². The number of hydrogen-bond acceptors (Lipinski definition) is 4. The van der Waals surface area contributed by atoms with Gasteiger partial charge < -0.3 is 5.11 Å². The molecule has 5 nitrogen and oxygen atoms in total. The number of nitrogens with zero attached hydrogens (tertiary/aromatic N) is 2. The van der Waals surface area contributed by atoms with Gasteiger partial charge in [-0.05, 0) is 38.2 Å². The maximum absolute atomic E-state index is 10.9. The van der Waals surface area contributed by atoms with Gasteiger partial charge >= 0.3 is 0 Å². The van der Waals surface area contributed by atoms with Crippen molar-refractivity contribution in [3.8, 4) is 0 Å². The number of aliphatic hydroxyl groups is 1. The molecule has 3 rings (SSSR count). The molecule has 108 valence electrons. The second-order valence-electron chi connectivity index (χ2n) is 5.99. The third-order valence-corrected chi connectivity index (χ3v) is 4.78. The molecule has 0 saturated carbocycles. The minimum Gasteiger partial charge on any atom is -0.393 e. The van der Waals surface area contributed by atoms with Crippen LogP contribution >= 0.6 is 0 Å². The summed E-state index contributed by atoms with van der Waals surface area (Å²) in [5, 5.41) is 20.8. The maximum atomic E-state index is 10.9. The van der Waals surface area contributed by atoms with Gasteiger partial charge in [0.2, 0.25) is 0 Å². The Balaban J connectivity index is 1.84. The topological polar surface area (TPSA) is 66.6 Å². The molecule has 3 unspecified atom stereocenters. The van der Waals surface area contributed by atoms with Crippen LogP contribution in [0.3, 0.4) is 0 Å². The summed E-state index contributed by atoms with van der Waals surface area (Å²) in [6.07, 6.45) is 3.73. The van der Waals surface area contributed by atoms with E-state index in [0.717, 1.165) is 31.2 Å². The first kappa shape index (κ1) is 13.5. The van der Waals surface area contributed by atoms with Crippen molar-refractivity contribution >= 4 is 5.69 Å². The number of hydrogen-bond donors (Lipinski definition) is 1. The van der Waals surface area contributed by atoms with Crippen LogP contribution in [-0.2, 0) is 0 Å². The van der Waals surface area contributed by atoms with Crippen molar-refractivity contribution in [3.63, 3.8) is 0 Å². The van der Waals surface area contributed by atoms with E-state index in [0.29, 0.717) is 12.1 Å². The normalized spacial score (nSPS) is 31.2. The first-order chi connectivity index (χ1) is 9.56. The molecule has 2 fully saturated rings. The molecule has 2 saturated heterocycles. The number of nitro groups is 1. The van der Waals surface area contributed by atoms with E-state index in [4.69, 9.17) is 0 Å². The molecule has 20 heavy (non-hydrogen) atoms. The molecule has 0 spiro atoms. The van der Waals surface area contributed by atoms with Crippen molar-refractivity contribution in [1.29, 1.82) is 0 Å². The van der Waals surface area contributed by atoms with Crippen molar-refractivity contribution in [2.24, 2.45) is 0 Å². The number of benzene rings is 1.